The lowest BCUT2D eigenvalue weighted by molar-refractivity contribution is -0.190. The minimum atomic E-state index is -3.22. The molecule has 0 amide bonds. The van der Waals surface area contributed by atoms with Gasteiger partial charge in [0.2, 0.25) is 5.28 Å². The van der Waals surface area contributed by atoms with E-state index in [2.05, 4.69) is 15.0 Å². The average Bonchev–Trinajstić information content (AvgIpc) is 3.33. The van der Waals surface area contributed by atoms with Crippen LogP contribution < -0.4 is 0 Å². The van der Waals surface area contributed by atoms with Crippen molar-refractivity contribution in [2.45, 2.75) is 43.6 Å². The molecule has 0 bridgehead atoms. The molecule has 3 heterocycles. The summed E-state index contributed by atoms with van der Waals surface area (Å²) in [6.45, 7) is 0.611. The van der Waals surface area contributed by atoms with Crippen LogP contribution in [0.3, 0.4) is 0 Å². The second-order valence-electron chi connectivity index (χ2n) is 8.18. The summed E-state index contributed by atoms with van der Waals surface area (Å²) in [6, 6.07) is 1.34. The topological polar surface area (TPSA) is 157 Å². The molecule has 198 valence electrons. The molecule has 11 nitrogen and oxygen atoms in total. The number of aliphatic hydroxyl groups excluding tert-OH is 1. The van der Waals surface area contributed by atoms with Gasteiger partial charge in [0.15, 0.2) is 18.0 Å². The number of imidazole rings is 1. The van der Waals surface area contributed by atoms with Crippen molar-refractivity contribution in [3.05, 3.63) is 51.7 Å². The lowest BCUT2D eigenvalue weighted by Crippen LogP contribution is -2.53. The van der Waals surface area contributed by atoms with E-state index in [-0.39, 0.29) is 21.5 Å². The van der Waals surface area contributed by atoms with Crippen LogP contribution in [0.4, 0.5) is 13.2 Å². The van der Waals surface area contributed by atoms with Crippen molar-refractivity contribution in [2.75, 3.05) is 6.61 Å². The van der Waals surface area contributed by atoms with Gasteiger partial charge in [0.1, 0.15) is 29.4 Å². The molecule has 37 heavy (non-hydrogen) atoms. The van der Waals surface area contributed by atoms with Crippen LogP contribution in [0.2, 0.25) is 10.3 Å². The molecule has 3 aromatic rings. The third-order valence-electron chi connectivity index (χ3n) is 5.85. The van der Waals surface area contributed by atoms with Gasteiger partial charge < -0.3 is 24.8 Å². The van der Waals surface area contributed by atoms with E-state index in [4.69, 9.17) is 32.7 Å². The number of aliphatic carboxylic acids is 2. The quantitative estimate of drug-likeness (QED) is 0.274. The molecule has 1 saturated heterocycles. The molecule has 1 aromatic carbocycles. The molecule has 0 aliphatic carbocycles. The number of nitrogens with zero attached hydrogens (tertiary/aromatic N) is 4. The first kappa shape index (κ1) is 27.0. The normalized spacial score (nSPS) is 22.0. The average molecular weight is 565 g/mol. The van der Waals surface area contributed by atoms with Crippen LogP contribution in [0.15, 0.2) is 18.5 Å². The van der Waals surface area contributed by atoms with Gasteiger partial charge in [-0.2, -0.15) is 4.98 Å². The highest BCUT2D eigenvalue weighted by atomic mass is 35.5. The number of carboxylic acid groups (broad SMARTS) is 2. The summed E-state index contributed by atoms with van der Waals surface area (Å²) in [5.74, 6) is -6.80. The summed E-state index contributed by atoms with van der Waals surface area (Å²) < 4.78 is 55.4. The van der Waals surface area contributed by atoms with E-state index in [1.165, 1.54) is 6.33 Å². The lowest BCUT2D eigenvalue weighted by atomic mass is 9.93. The number of carbonyl (C=O) groups is 2. The summed E-state index contributed by atoms with van der Waals surface area (Å²) in [5.41, 5.74) is -3.39. The maximum atomic E-state index is 15.1. The molecule has 0 spiro atoms. The molecular formula is C21H17Cl2F3N4O7. The van der Waals surface area contributed by atoms with E-state index in [0.29, 0.717) is 17.8 Å². The number of hydrogen-bond donors (Lipinski definition) is 3. The Kier molecular flexibility index (Phi) is 7.32. The number of benzene rings is 1. The number of aliphatic hydroxyl groups is 1. The van der Waals surface area contributed by atoms with Gasteiger partial charge in [-0.05, 0) is 30.7 Å². The molecule has 4 atom stereocenters. The summed E-state index contributed by atoms with van der Waals surface area (Å²) >= 11 is 11.4. The Hall–Kier alpha value is -3.04. The van der Waals surface area contributed by atoms with Gasteiger partial charge >= 0.3 is 11.9 Å². The molecule has 16 heteroatoms. The molecular weight excluding hydrogens is 548 g/mol. The highest BCUT2D eigenvalue weighted by Gasteiger charge is 2.52. The Morgan fingerprint density at radius 2 is 1.81 bits per heavy atom. The fourth-order valence-corrected chi connectivity index (χ4v) is 4.31. The Morgan fingerprint density at radius 3 is 2.41 bits per heavy atom. The van der Waals surface area contributed by atoms with Crippen molar-refractivity contribution >= 4 is 46.3 Å². The van der Waals surface area contributed by atoms with Gasteiger partial charge in [0.05, 0.1) is 18.6 Å². The van der Waals surface area contributed by atoms with Gasteiger partial charge in [-0.3, -0.25) is 4.57 Å². The summed E-state index contributed by atoms with van der Waals surface area (Å²) in [5, 5.41) is 29.2. The number of aryl methyl sites for hydroxylation is 1. The zero-order valence-electron chi connectivity index (χ0n) is 18.6. The Bertz CT molecular complexity index is 1350. The van der Waals surface area contributed by atoms with E-state index < -0.39 is 72.4 Å². The SMILES string of the molecule is Cc1nc(Cl)nc2c1ncn2[C@@H]1O[C@H](COC(Cc2c(F)cc(Cl)cc2F)(C(=O)O)C(=O)O)[C@@H](O)[C@@H]1F. The number of carboxylic acids is 2. The number of aromatic nitrogens is 4. The standard InChI is InChI=1S/C21H17Cl2F3N4O7/c1-7-14-16(29-20(23)28-7)30(6-27-14)17-13(26)15(31)12(37-17)5-36-21(18(32)33,19(34)35)4-9-10(24)2-8(22)3-11(9)25/h2-3,6,12-13,15,17,31H,4-5H2,1H3,(H,32,33)(H,34,35)/t12-,13+,15-,17-/m1/s1. The van der Waals surface area contributed by atoms with Crippen LogP contribution in [0.5, 0.6) is 0 Å². The maximum absolute atomic E-state index is 15.1. The van der Waals surface area contributed by atoms with Gasteiger partial charge in [0.25, 0.3) is 5.60 Å². The first-order chi connectivity index (χ1) is 17.4. The maximum Gasteiger partial charge on any atom is 0.348 e. The Labute approximate surface area is 215 Å². The number of hydrogen-bond acceptors (Lipinski definition) is 8. The van der Waals surface area contributed by atoms with Crippen LogP contribution in [-0.2, 0) is 25.5 Å². The smallest absolute Gasteiger partial charge is 0.348 e. The molecule has 4 rings (SSSR count). The largest absolute Gasteiger partial charge is 0.479 e. The zero-order chi connectivity index (χ0) is 27.2. The third kappa shape index (κ3) is 4.82. The number of rotatable bonds is 8. The van der Waals surface area contributed by atoms with Crippen molar-refractivity contribution in [1.29, 1.82) is 0 Å². The van der Waals surface area contributed by atoms with E-state index >= 15 is 4.39 Å². The molecule has 1 fully saturated rings. The van der Waals surface area contributed by atoms with Gasteiger partial charge in [-0.15, -0.1) is 0 Å². The predicted molar refractivity (Wildman–Crippen MR) is 119 cm³/mol. The Morgan fingerprint density at radius 1 is 1.19 bits per heavy atom. The zero-order valence-corrected chi connectivity index (χ0v) is 20.1. The molecule has 1 aliphatic heterocycles. The first-order valence-corrected chi connectivity index (χ1v) is 11.2. The van der Waals surface area contributed by atoms with Crippen LogP contribution >= 0.6 is 23.2 Å². The molecule has 3 N–H and O–H groups in total. The van der Waals surface area contributed by atoms with Crippen LogP contribution in [0.1, 0.15) is 17.5 Å². The van der Waals surface area contributed by atoms with Gasteiger partial charge in [0, 0.05) is 17.0 Å². The second-order valence-corrected chi connectivity index (χ2v) is 8.95. The number of halogens is 5. The summed E-state index contributed by atoms with van der Waals surface area (Å²) in [7, 11) is 0. The van der Waals surface area contributed by atoms with Crippen LogP contribution in [-0.4, -0.2) is 77.4 Å². The lowest BCUT2D eigenvalue weighted by Gasteiger charge is -2.27. The van der Waals surface area contributed by atoms with Crippen molar-refractivity contribution in [3.8, 4) is 0 Å². The minimum Gasteiger partial charge on any atom is -0.479 e. The van der Waals surface area contributed by atoms with Crippen molar-refractivity contribution < 1.29 is 47.6 Å². The van der Waals surface area contributed by atoms with Crippen molar-refractivity contribution in [3.63, 3.8) is 0 Å². The van der Waals surface area contributed by atoms with Gasteiger partial charge in [-0.25, -0.2) is 32.7 Å². The number of fused-ring (bicyclic) bond motifs is 1. The van der Waals surface area contributed by atoms with E-state index in [1.807, 2.05) is 0 Å². The molecule has 0 saturated carbocycles. The van der Waals surface area contributed by atoms with Crippen molar-refractivity contribution in [1.82, 2.24) is 19.5 Å². The first-order valence-electron chi connectivity index (χ1n) is 10.4. The predicted octanol–water partition coefficient (Wildman–Crippen LogP) is 2.48. The fraction of sp³-hybridized carbons (Fsp3) is 0.381. The van der Waals surface area contributed by atoms with Crippen LogP contribution in [0.25, 0.3) is 11.2 Å². The summed E-state index contributed by atoms with van der Waals surface area (Å²) in [6.07, 6.45) is -7.28. The van der Waals surface area contributed by atoms with Crippen molar-refractivity contribution in [2.24, 2.45) is 0 Å². The molecule has 2 aromatic heterocycles. The minimum absolute atomic E-state index is 0.0815. The van der Waals surface area contributed by atoms with E-state index in [9.17, 15) is 33.7 Å². The van der Waals surface area contributed by atoms with E-state index in [0.717, 1.165) is 4.57 Å². The highest BCUT2D eigenvalue weighted by molar-refractivity contribution is 6.30. The third-order valence-corrected chi connectivity index (χ3v) is 6.24. The monoisotopic (exact) mass is 564 g/mol. The molecule has 0 unspecified atom stereocenters. The summed E-state index contributed by atoms with van der Waals surface area (Å²) in [4.78, 5) is 35.9. The number of alkyl halides is 1. The van der Waals surface area contributed by atoms with E-state index in [1.54, 1.807) is 6.92 Å². The Balaban J connectivity index is 1.60. The highest BCUT2D eigenvalue weighted by Crippen LogP contribution is 2.35. The van der Waals surface area contributed by atoms with Gasteiger partial charge in [-0.1, -0.05) is 11.6 Å². The molecule has 0 radical (unpaired) electrons. The molecule has 1 aliphatic rings. The van der Waals surface area contributed by atoms with Crippen LogP contribution in [0, 0.1) is 18.6 Å². The number of ether oxygens (including phenoxy) is 2. The fourth-order valence-electron chi connectivity index (χ4n) is 3.91. The second kappa shape index (κ2) is 10.0.